The van der Waals surface area contributed by atoms with Gasteiger partial charge in [0.25, 0.3) is 0 Å². The topological polar surface area (TPSA) is 12.4 Å². The first kappa shape index (κ1) is 12.2. The smallest absolute Gasteiger partial charge is 0.0880 e. The Balaban J connectivity index is 2.34. The summed E-state index contributed by atoms with van der Waals surface area (Å²) < 4.78 is 0. The van der Waals surface area contributed by atoms with Crippen LogP contribution in [0.25, 0.3) is 0 Å². The molecule has 2 rings (SSSR count). The van der Waals surface area contributed by atoms with Crippen molar-refractivity contribution in [1.82, 2.24) is 0 Å². The van der Waals surface area contributed by atoms with E-state index in [-0.39, 0.29) is 5.92 Å². The van der Waals surface area contributed by atoms with Crippen molar-refractivity contribution in [3.8, 4) is 0 Å². The monoisotopic (exact) mass is 301 g/mol. The van der Waals surface area contributed by atoms with Gasteiger partial charge in [-0.3, -0.25) is 0 Å². The molecule has 1 fully saturated rings. The number of halogens is 4. The van der Waals surface area contributed by atoms with Crippen LogP contribution in [0.1, 0.15) is 12.8 Å². The largest absolute Gasteiger partial charge is 0.232 e. The number of thiocarbonyl (C=S) groups is 1. The van der Waals surface area contributed by atoms with Gasteiger partial charge in [-0.05, 0) is 25.1 Å². The highest BCUT2D eigenvalue weighted by molar-refractivity contribution is 7.78. The summed E-state index contributed by atoms with van der Waals surface area (Å²) in [5, 5.41) is 3.28. The highest BCUT2D eigenvalue weighted by Crippen LogP contribution is 2.65. The minimum absolute atomic E-state index is 0.0853. The van der Waals surface area contributed by atoms with Gasteiger partial charge in [0, 0.05) is 5.92 Å². The number of hydrogen-bond donors (Lipinski definition) is 0. The fourth-order valence-corrected chi connectivity index (χ4v) is 4.25. The Kier molecular flexibility index (Phi) is 3.14. The molecule has 82 valence electrons. The van der Waals surface area contributed by atoms with E-state index in [2.05, 4.69) is 22.4 Å². The molecule has 6 heteroatoms. The lowest BCUT2D eigenvalue weighted by atomic mass is 9.92. The van der Waals surface area contributed by atoms with Crippen LogP contribution in [0.15, 0.2) is 15.1 Å². The van der Waals surface area contributed by atoms with Crippen molar-refractivity contribution in [3.05, 3.63) is 10.1 Å². The number of allylic oxidation sites excluding steroid dienone is 2. The molecule has 0 amide bonds. The molecule has 2 aliphatic rings. The van der Waals surface area contributed by atoms with Crippen LogP contribution in [-0.2, 0) is 0 Å². The van der Waals surface area contributed by atoms with Crippen LogP contribution in [0.5, 0.6) is 0 Å². The number of rotatable bonds is 2. The minimum Gasteiger partial charge on any atom is -0.232 e. The Labute approximate surface area is 113 Å². The molecular weight excluding hydrogens is 296 g/mol. The van der Waals surface area contributed by atoms with E-state index in [1.54, 1.807) is 0 Å². The third-order valence-electron chi connectivity index (χ3n) is 3.08. The molecule has 0 radical (unpaired) electrons. The van der Waals surface area contributed by atoms with Gasteiger partial charge in [-0.15, -0.1) is 23.2 Å². The van der Waals surface area contributed by atoms with Gasteiger partial charge in [-0.25, -0.2) is 4.99 Å². The molecule has 0 aromatic carbocycles. The first-order valence-electron chi connectivity index (χ1n) is 4.42. The molecule has 0 aromatic rings. The van der Waals surface area contributed by atoms with Gasteiger partial charge in [0.05, 0.1) is 31.5 Å². The van der Waals surface area contributed by atoms with E-state index in [0.29, 0.717) is 29.5 Å². The molecule has 0 aromatic heterocycles. The molecule has 0 aliphatic heterocycles. The van der Waals surface area contributed by atoms with Crippen molar-refractivity contribution in [2.24, 2.45) is 10.9 Å². The molecule has 2 aliphatic carbocycles. The van der Waals surface area contributed by atoms with E-state index < -0.39 is 9.75 Å². The normalized spacial score (nSPS) is 43.3. The number of alkyl halides is 2. The summed E-state index contributed by atoms with van der Waals surface area (Å²) in [7, 11) is 0. The van der Waals surface area contributed by atoms with E-state index in [1.165, 1.54) is 0 Å². The zero-order chi connectivity index (χ0) is 11.3. The van der Waals surface area contributed by atoms with Crippen molar-refractivity contribution in [1.29, 1.82) is 0 Å². The van der Waals surface area contributed by atoms with Gasteiger partial charge in [0.2, 0.25) is 0 Å². The molecule has 2 bridgehead atoms. The predicted molar refractivity (Wildman–Crippen MR) is 68.5 cm³/mol. The van der Waals surface area contributed by atoms with Crippen LogP contribution in [0, 0.1) is 5.92 Å². The quantitative estimate of drug-likeness (QED) is 0.424. The molecule has 0 N–H and O–H groups in total. The van der Waals surface area contributed by atoms with Crippen LogP contribution in [0.4, 0.5) is 0 Å². The third-order valence-corrected chi connectivity index (χ3v) is 5.69. The zero-order valence-electron chi connectivity index (χ0n) is 7.57. The maximum absolute atomic E-state index is 6.45. The maximum Gasteiger partial charge on any atom is 0.0880 e. The highest BCUT2D eigenvalue weighted by atomic mass is 35.5. The maximum atomic E-state index is 6.45. The second kappa shape index (κ2) is 3.87. The Bertz CT molecular complexity index is 390. The lowest BCUT2D eigenvalue weighted by Gasteiger charge is -2.28. The molecule has 3 atom stereocenters. The first-order valence-corrected chi connectivity index (χ1v) is 6.34. The van der Waals surface area contributed by atoms with Crippen molar-refractivity contribution in [2.75, 3.05) is 6.54 Å². The summed E-state index contributed by atoms with van der Waals surface area (Å²) in [6.07, 6.45) is 1.26. The van der Waals surface area contributed by atoms with E-state index >= 15 is 0 Å². The van der Waals surface area contributed by atoms with Gasteiger partial charge >= 0.3 is 0 Å². The molecular formula is C9H7Cl4NS. The minimum atomic E-state index is -0.657. The summed E-state index contributed by atoms with van der Waals surface area (Å²) in [6, 6.07) is 0. The standard InChI is InChI=1S/C9H7Cl4NS/c10-6-7(11)9(13)3-8(6,12)1-5(9)2-14-4-15/h5H,1-3H2/t5-,8-,9-/m0/s1. The van der Waals surface area contributed by atoms with Gasteiger partial charge < -0.3 is 0 Å². The summed E-state index contributed by atoms with van der Waals surface area (Å²) in [6.45, 7) is 0.502. The number of hydrogen-bond acceptors (Lipinski definition) is 2. The van der Waals surface area contributed by atoms with Crippen molar-refractivity contribution in [2.45, 2.75) is 22.6 Å². The van der Waals surface area contributed by atoms with Gasteiger partial charge in [0.15, 0.2) is 0 Å². The Morgan fingerprint density at radius 1 is 1.40 bits per heavy atom. The van der Waals surface area contributed by atoms with Crippen LogP contribution in [-0.4, -0.2) is 21.5 Å². The molecule has 15 heavy (non-hydrogen) atoms. The fraction of sp³-hybridized carbons (Fsp3) is 0.667. The highest BCUT2D eigenvalue weighted by Gasteiger charge is 2.62. The van der Waals surface area contributed by atoms with E-state index in [4.69, 9.17) is 46.4 Å². The van der Waals surface area contributed by atoms with E-state index in [9.17, 15) is 0 Å². The van der Waals surface area contributed by atoms with Crippen molar-refractivity contribution in [3.63, 3.8) is 0 Å². The summed E-state index contributed by atoms with van der Waals surface area (Å²) in [4.78, 5) is 2.65. The van der Waals surface area contributed by atoms with Crippen molar-refractivity contribution >= 4 is 63.8 Å². The number of nitrogens with zero attached hydrogens (tertiary/aromatic N) is 1. The van der Waals surface area contributed by atoms with Crippen LogP contribution >= 0.6 is 58.6 Å². The second-order valence-electron chi connectivity index (χ2n) is 3.97. The predicted octanol–water partition coefficient (Wildman–Crippen LogP) is 4.16. The van der Waals surface area contributed by atoms with Gasteiger partial charge in [-0.1, -0.05) is 23.2 Å². The Morgan fingerprint density at radius 2 is 2.07 bits per heavy atom. The van der Waals surface area contributed by atoms with E-state index in [1.807, 2.05) is 0 Å². The molecule has 1 saturated carbocycles. The van der Waals surface area contributed by atoms with Crippen LogP contribution < -0.4 is 0 Å². The Morgan fingerprint density at radius 3 is 2.53 bits per heavy atom. The molecule has 0 unspecified atom stereocenters. The average Bonchev–Trinajstić information content (AvgIpc) is 2.54. The molecule has 0 heterocycles. The third kappa shape index (κ3) is 1.67. The van der Waals surface area contributed by atoms with Crippen LogP contribution in [0.2, 0.25) is 0 Å². The summed E-state index contributed by atoms with van der Waals surface area (Å²) in [5.41, 5.74) is 0. The Hall–Kier alpha value is 0.700. The summed E-state index contributed by atoms with van der Waals surface area (Å²) >= 11 is 29.5. The zero-order valence-corrected chi connectivity index (χ0v) is 11.4. The number of aliphatic imine (C=N–C) groups is 1. The number of isothiocyanates is 1. The second-order valence-corrected chi connectivity index (χ2v) is 6.30. The van der Waals surface area contributed by atoms with Crippen LogP contribution in [0.3, 0.4) is 0 Å². The van der Waals surface area contributed by atoms with Crippen molar-refractivity contribution < 1.29 is 0 Å². The first-order chi connectivity index (χ1) is 6.94. The molecule has 0 spiro atoms. The molecule has 0 saturated heterocycles. The molecule has 1 nitrogen and oxygen atoms in total. The van der Waals surface area contributed by atoms with Gasteiger partial charge in [0.1, 0.15) is 0 Å². The SMILES string of the molecule is S=C=NC[C@@H]1C[C@]2(Cl)C[C@@]1(Cl)C(Cl)=C2Cl. The van der Waals surface area contributed by atoms with Gasteiger partial charge in [-0.2, -0.15) is 0 Å². The average molecular weight is 303 g/mol. The van der Waals surface area contributed by atoms with E-state index in [0.717, 1.165) is 0 Å². The summed E-state index contributed by atoms with van der Waals surface area (Å²) in [5.74, 6) is 0.0853. The lowest BCUT2D eigenvalue weighted by Crippen LogP contribution is -2.29. The number of fused-ring (bicyclic) bond motifs is 2. The fourth-order valence-electron chi connectivity index (χ4n) is 2.34. The lowest BCUT2D eigenvalue weighted by molar-refractivity contribution is 0.481.